The second-order valence-electron chi connectivity index (χ2n) is 5.43. The molecule has 0 atom stereocenters. The molecule has 0 bridgehead atoms. The summed E-state index contributed by atoms with van der Waals surface area (Å²) in [4.78, 5) is 15.2. The summed E-state index contributed by atoms with van der Waals surface area (Å²) in [6.45, 7) is 1.16. The Morgan fingerprint density at radius 1 is 1.46 bits per heavy atom. The predicted molar refractivity (Wildman–Crippen MR) is 91.5 cm³/mol. The summed E-state index contributed by atoms with van der Waals surface area (Å²) in [6.07, 6.45) is 2.44. The molecule has 2 heterocycles. The number of halogens is 3. The summed E-state index contributed by atoms with van der Waals surface area (Å²) in [5.41, 5.74) is 5.42. The maximum Gasteiger partial charge on any atom is 0.387 e. The molecule has 0 aliphatic carbocycles. The summed E-state index contributed by atoms with van der Waals surface area (Å²) in [5, 5.41) is 0. The van der Waals surface area contributed by atoms with E-state index >= 15 is 0 Å². The lowest BCUT2D eigenvalue weighted by Crippen LogP contribution is -2.40. The Morgan fingerprint density at radius 3 is 2.71 bits per heavy atom. The van der Waals surface area contributed by atoms with Crippen LogP contribution in [0.4, 0.5) is 8.78 Å². The molecule has 1 aliphatic rings. The molecule has 0 radical (unpaired) electrons. The van der Waals surface area contributed by atoms with Gasteiger partial charge in [-0.3, -0.25) is 4.79 Å². The fourth-order valence-electron chi connectivity index (χ4n) is 2.53. The summed E-state index contributed by atoms with van der Waals surface area (Å²) >= 11 is 1.18. The van der Waals surface area contributed by atoms with Gasteiger partial charge in [-0.2, -0.15) is 8.78 Å². The number of hydrogen-bond donors (Lipinski definition) is 1. The molecule has 1 amide bonds. The maximum absolute atomic E-state index is 12.5. The standard InChI is InChI=1S/C15H22F2N2O3S.ClH/c1-10-9-12(22-15(16)17)13(23-10)14(20)19-6-3-11(4-7-19)21-8-2-5-18;/h9,11,15H,2-8,18H2,1H3;1H. The summed E-state index contributed by atoms with van der Waals surface area (Å²) in [6, 6.07) is 1.48. The van der Waals surface area contributed by atoms with Crippen LogP contribution in [0.2, 0.25) is 0 Å². The molecule has 1 saturated heterocycles. The van der Waals surface area contributed by atoms with Crippen LogP contribution in [0.5, 0.6) is 5.75 Å². The minimum atomic E-state index is -2.93. The minimum absolute atomic E-state index is 0. The lowest BCUT2D eigenvalue weighted by molar-refractivity contribution is -0.0500. The number of aryl methyl sites for hydroxylation is 1. The van der Waals surface area contributed by atoms with Crippen LogP contribution in [0.1, 0.15) is 33.8 Å². The van der Waals surface area contributed by atoms with E-state index in [1.54, 1.807) is 11.8 Å². The van der Waals surface area contributed by atoms with Crippen LogP contribution in [0, 0.1) is 6.92 Å². The molecule has 138 valence electrons. The third-order valence-electron chi connectivity index (χ3n) is 3.66. The summed E-state index contributed by atoms with van der Waals surface area (Å²) < 4.78 is 35.0. The maximum atomic E-state index is 12.5. The zero-order chi connectivity index (χ0) is 16.8. The van der Waals surface area contributed by atoms with E-state index in [4.69, 9.17) is 10.5 Å². The van der Waals surface area contributed by atoms with Gasteiger partial charge in [-0.25, -0.2) is 0 Å². The van der Waals surface area contributed by atoms with Gasteiger partial charge in [0.2, 0.25) is 0 Å². The normalized spacial score (nSPS) is 15.5. The fraction of sp³-hybridized carbons (Fsp3) is 0.667. The first-order chi connectivity index (χ1) is 11.0. The molecular weight excluding hydrogens is 362 g/mol. The van der Waals surface area contributed by atoms with Crippen molar-refractivity contribution in [2.45, 2.75) is 38.9 Å². The van der Waals surface area contributed by atoms with Gasteiger partial charge in [-0.1, -0.05) is 0 Å². The number of alkyl halides is 2. The predicted octanol–water partition coefficient (Wildman–Crippen LogP) is 3.05. The third-order valence-corrected chi connectivity index (χ3v) is 4.68. The average molecular weight is 385 g/mol. The van der Waals surface area contributed by atoms with Crippen LogP contribution in [0.15, 0.2) is 6.07 Å². The van der Waals surface area contributed by atoms with Crippen LogP contribution in [-0.4, -0.2) is 49.8 Å². The van der Waals surface area contributed by atoms with Gasteiger partial charge in [-0.15, -0.1) is 23.7 Å². The monoisotopic (exact) mass is 384 g/mol. The smallest absolute Gasteiger partial charge is 0.387 e. The number of amides is 1. The molecule has 0 aromatic carbocycles. The second-order valence-corrected chi connectivity index (χ2v) is 6.69. The van der Waals surface area contributed by atoms with Gasteiger partial charge < -0.3 is 20.1 Å². The van der Waals surface area contributed by atoms with Gasteiger partial charge in [-0.05, 0) is 38.8 Å². The summed E-state index contributed by atoms with van der Waals surface area (Å²) in [7, 11) is 0. The van der Waals surface area contributed by atoms with Crippen LogP contribution in [0.25, 0.3) is 0 Å². The Hall–Kier alpha value is -0.960. The molecule has 5 nitrogen and oxygen atoms in total. The topological polar surface area (TPSA) is 64.8 Å². The van der Waals surface area contributed by atoms with E-state index in [-0.39, 0.29) is 35.0 Å². The lowest BCUT2D eigenvalue weighted by atomic mass is 10.1. The fourth-order valence-corrected chi connectivity index (χ4v) is 3.44. The van der Waals surface area contributed by atoms with E-state index in [9.17, 15) is 13.6 Å². The molecule has 1 aromatic rings. The quantitative estimate of drug-likeness (QED) is 0.734. The van der Waals surface area contributed by atoms with Crippen molar-refractivity contribution in [1.29, 1.82) is 0 Å². The lowest BCUT2D eigenvalue weighted by Gasteiger charge is -2.31. The number of rotatable bonds is 7. The number of piperidine rings is 1. The first-order valence-corrected chi connectivity index (χ1v) is 8.49. The number of thiophene rings is 1. The highest BCUT2D eigenvalue weighted by Crippen LogP contribution is 2.32. The van der Waals surface area contributed by atoms with E-state index in [0.29, 0.717) is 26.2 Å². The number of hydrogen-bond acceptors (Lipinski definition) is 5. The second kappa shape index (κ2) is 10.1. The van der Waals surface area contributed by atoms with Crippen molar-refractivity contribution in [1.82, 2.24) is 4.90 Å². The van der Waals surface area contributed by atoms with Gasteiger partial charge in [0.1, 0.15) is 10.6 Å². The first-order valence-electron chi connectivity index (χ1n) is 7.67. The zero-order valence-corrected chi connectivity index (χ0v) is 15.1. The highest BCUT2D eigenvalue weighted by Gasteiger charge is 2.28. The molecule has 0 spiro atoms. The van der Waals surface area contributed by atoms with Crippen molar-refractivity contribution in [3.8, 4) is 5.75 Å². The molecule has 0 saturated carbocycles. The first kappa shape index (κ1) is 21.1. The Bertz CT molecular complexity index is 523. The van der Waals surface area contributed by atoms with Gasteiger partial charge in [0.15, 0.2) is 0 Å². The Balaban J connectivity index is 0.00000288. The highest BCUT2D eigenvalue weighted by molar-refractivity contribution is 7.14. The van der Waals surface area contributed by atoms with Gasteiger partial charge in [0.05, 0.1) is 6.10 Å². The number of ether oxygens (including phenoxy) is 2. The van der Waals surface area contributed by atoms with E-state index in [1.807, 2.05) is 0 Å². The Labute approximate surface area is 150 Å². The van der Waals surface area contributed by atoms with Crippen molar-refractivity contribution in [2.24, 2.45) is 5.73 Å². The van der Waals surface area contributed by atoms with Gasteiger partial charge in [0, 0.05) is 24.6 Å². The van der Waals surface area contributed by atoms with Crippen LogP contribution >= 0.6 is 23.7 Å². The third kappa shape index (κ3) is 5.84. The van der Waals surface area contributed by atoms with Crippen molar-refractivity contribution in [3.05, 3.63) is 15.8 Å². The van der Waals surface area contributed by atoms with Crippen molar-refractivity contribution >= 4 is 29.7 Å². The number of carbonyl (C=O) groups excluding carboxylic acids is 1. The van der Waals surface area contributed by atoms with Gasteiger partial charge in [0.25, 0.3) is 5.91 Å². The van der Waals surface area contributed by atoms with Crippen LogP contribution in [0.3, 0.4) is 0 Å². The molecule has 1 fully saturated rings. The summed E-state index contributed by atoms with van der Waals surface area (Å²) in [5.74, 6) is -0.284. The van der Waals surface area contributed by atoms with Crippen LogP contribution < -0.4 is 10.5 Å². The molecule has 24 heavy (non-hydrogen) atoms. The van der Waals surface area contributed by atoms with Crippen molar-refractivity contribution in [2.75, 3.05) is 26.2 Å². The Morgan fingerprint density at radius 2 is 2.12 bits per heavy atom. The number of nitrogens with zero attached hydrogens (tertiary/aromatic N) is 1. The van der Waals surface area contributed by atoms with Crippen LogP contribution in [-0.2, 0) is 4.74 Å². The zero-order valence-electron chi connectivity index (χ0n) is 13.5. The molecule has 1 aromatic heterocycles. The van der Waals surface area contributed by atoms with E-state index in [2.05, 4.69) is 4.74 Å². The molecule has 9 heteroatoms. The molecule has 0 unspecified atom stereocenters. The molecule has 1 aliphatic heterocycles. The molecule has 2 rings (SSSR count). The molecule has 2 N–H and O–H groups in total. The number of nitrogens with two attached hydrogens (primary N) is 1. The van der Waals surface area contributed by atoms with Crippen molar-refractivity contribution < 1.29 is 23.0 Å². The highest BCUT2D eigenvalue weighted by atomic mass is 35.5. The minimum Gasteiger partial charge on any atom is -0.433 e. The molecular formula is C15H23ClF2N2O3S. The average Bonchev–Trinajstić information content (AvgIpc) is 2.87. The SMILES string of the molecule is Cc1cc(OC(F)F)c(C(=O)N2CCC(OCCCN)CC2)s1.Cl. The van der Waals surface area contributed by atoms with Crippen molar-refractivity contribution in [3.63, 3.8) is 0 Å². The van der Waals surface area contributed by atoms with E-state index in [0.717, 1.165) is 24.1 Å². The van der Waals surface area contributed by atoms with E-state index < -0.39 is 6.61 Å². The number of carbonyl (C=O) groups is 1. The Kier molecular flexibility index (Phi) is 8.90. The number of likely N-dealkylation sites (tertiary alicyclic amines) is 1. The van der Waals surface area contributed by atoms with E-state index in [1.165, 1.54) is 17.4 Å². The van der Waals surface area contributed by atoms with Gasteiger partial charge >= 0.3 is 6.61 Å². The largest absolute Gasteiger partial charge is 0.433 e.